The van der Waals surface area contributed by atoms with Crippen molar-refractivity contribution in [2.75, 3.05) is 0 Å². The van der Waals surface area contributed by atoms with E-state index in [0.717, 1.165) is 12.0 Å². The zero-order chi connectivity index (χ0) is 21.4. The topological polar surface area (TPSA) is 21.6 Å². The molecule has 4 aromatic rings. The van der Waals surface area contributed by atoms with Crippen LogP contribution in [-0.4, -0.2) is 17.8 Å². The third kappa shape index (κ3) is 4.49. The molecule has 0 saturated heterocycles. The standard InChI is InChI=1S/C28H27GeNO/c1-2-28(30-31-23-24-15-7-3-8-16-24)29(25-17-9-4-10-18-25,26-19-11-5-12-20-26)27-21-13-6-14-22-27/h3-22H,2,23H2,1H3/b30-28-. The summed E-state index contributed by atoms with van der Waals surface area (Å²) in [4.78, 5) is 5.98. The fourth-order valence-corrected chi connectivity index (χ4v) is 14.3. The minimum atomic E-state index is -3.28. The van der Waals surface area contributed by atoms with Gasteiger partial charge in [0.25, 0.3) is 0 Å². The Labute approximate surface area is 187 Å². The zero-order valence-electron chi connectivity index (χ0n) is 17.8. The first kappa shape index (κ1) is 21.1. The van der Waals surface area contributed by atoms with Gasteiger partial charge in [0.2, 0.25) is 0 Å². The average Bonchev–Trinajstić information content (AvgIpc) is 2.86. The molecule has 0 atom stereocenters. The van der Waals surface area contributed by atoms with Crippen LogP contribution in [0.1, 0.15) is 18.9 Å². The molecule has 0 spiro atoms. The first-order valence-corrected chi connectivity index (χ1v) is 14.9. The van der Waals surface area contributed by atoms with Crippen molar-refractivity contribution in [1.29, 1.82) is 0 Å². The molecule has 0 aliphatic carbocycles. The van der Waals surface area contributed by atoms with Gasteiger partial charge >= 0.3 is 188 Å². The third-order valence-electron chi connectivity index (χ3n) is 5.64. The SMILES string of the molecule is CC/[C](=N/OCc1ccccc1)[Ge]([c]1ccccc1)([c]1ccccc1)[c]1ccccc1. The van der Waals surface area contributed by atoms with E-state index in [4.69, 9.17) is 9.99 Å². The Morgan fingerprint density at radius 2 is 1.00 bits per heavy atom. The van der Waals surface area contributed by atoms with Gasteiger partial charge in [-0.1, -0.05) is 0 Å². The molecular formula is C28H27GeNO. The minimum absolute atomic E-state index is 0.473. The summed E-state index contributed by atoms with van der Waals surface area (Å²) in [5, 5.41) is 4.84. The number of hydrogen-bond donors (Lipinski definition) is 0. The van der Waals surface area contributed by atoms with E-state index in [9.17, 15) is 0 Å². The molecule has 0 amide bonds. The summed E-state index contributed by atoms with van der Waals surface area (Å²) in [6.07, 6.45) is 0.841. The van der Waals surface area contributed by atoms with E-state index < -0.39 is 13.3 Å². The number of nitrogens with zero attached hydrogens (tertiary/aromatic N) is 1. The Morgan fingerprint density at radius 1 is 0.613 bits per heavy atom. The van der Waals surface area contributed by atoms with Gasteiger partial charge in [-0.25, -0.2) is 0 Å². The zero-order valence-corrected chi connectivity index (χ0v) is 19.9. The van der Waals surface area contributed by atoms with Gasteiger partial charge in [0, 0.05) is 0 Å². The van der Waals surface area contributed by atoms with Crippen molar-refractivity contribution in [3.8, 4) is 0 Å². The number of oxime groups is 1. The van der Waals surface area contributed by atoms with Crippen LogP contribution in [0.15, 0.2) is 126 Å². The van der Waals surface area contributed by atoms with Crippen LogP contribution in [0.4, 0.5) is 0 Å². The van der Waals surface area contributed by atoms with E-state index in [0.29, 0.717) is 6.61 Å². The predicted molar refractivity (Wildman–Crippen MR) is 133 cm³/mol. The maximum atomic E-state index is 5.98. The Bertz CT molecular complexity index is 1000. The second-order valence-electron chi connectivity index (χ2n) is 7.50. The molecule has 0 N–H and O–H groups in total. The normalized spacial score (nSPS) is 11.8. The molecule has 154 valence electrons. The van der Waals surface area contributed by atoms with Crippen molar-refractivity contribution in [1.82, 2.24) is 0 Å². The number of benzene rings is 4. The van der Waals surface area contributed by atoms with Crippen LogP contribution in [-0.2, 0) is 11.4 Å². The van der Waals surface area contributed by atoms with Crippen LogP contribution in [0, 0.1) is 0 Å². The van der Waals surface area contributed by atoms with Gasteiger partial charge < -0.3 is 0 Å². The predicted octanol–water partition coefficient (Wildman–Crippen LogP) is 4.68. The molecule has 0 unspecified atom stereocenters. The van der Waals surface area contributed by atoms with Gasteiger partial charge in [-0.05, 0) is 0 Å². The molecule has 3 heteroatoms. The van der Waals surface area contributed by atoms with Gasteiger partial charge in [0.15, 0.2) is 0 Å². The van der Waals surface area contributed by atoms with Crippen LogP contribution in [0.2, 0.25) is 0 Å². The van der Waals surface area contributed by atoms with E-state index in [2.05, 4.69) is 110 Å². The first-order chi connectivity index (χ1) is 15.4. The van der Waals surface area contributed by atoms with E-state index >= 15 is 0 Å². The number of rotatable bonds is 8. The third-order valence-corrected chi connectivity index (χ3v) is 15.9. The van der Waals surface area contributed by atoms with Crippen LogP contribution in [0.3, 0.4) is 0 Å². The summed E-state index contributed by atoms with van der Waals surface area (Å²) < 4.78 is 5.26. The Kier molecular flexibility index (Phi) is 7.00. The van der Waals surface area contributed by atoms with Gasteiger partial charge in [0.05, 0.1) is 0 Å². The van der Waals surface area contributed by atoms with Crippen molar-refractivity contribution < 1.29 is 4.84 Å². The van der Waals surface area contributed by atoms with Gasteiger partial charge in [-0.2, -0.15) is 0 Å². The van der Waals surface area contributed by atoms with Gasteiger partial charge in [-0.15, -0.1) is 0 Å². The van der Waals surface area contributed by atoms with Crippen LogP contribution < -0.4 is 13.2 Å². The van der Waals surface area contributed by atoms with E-state index in [1.54, 1.807) is 0 Å². The Morgan fingerprint density at radius 3 is 1.39 bits per heavy atom. The summed E-state index contributed by atoms with van der Waals surface area (Å²) in [5.74, 6) is 0. The molecule has 4 rings (SSSR count). The molecule has 0 heterocycles. The van der Waals surface area contributed by atoms with E-state index in [-0.39, 0.29) is 0 Å². The number of hydrogen-bond acceptors (Lipinski definition) is 2. The molecule has 31 heavy (non-hydrogen) atoms. The molecule has 4 aromatic carbocycles. The fourth-order valence-electron chi connectivity index (χ4n) is 4.22. The fraction of sp³-hybridized carbons (Fsp3) is 0.107. The summed E-state index contributed by atoms with van der Waals surface area (Å²) in [7, 11) is 0. The second kappa shape index (κ2) is 10.3. The molecule has 0 bridgehead atoms. The molecule has 0 saturated carbocycles. The summed E-state index contributed by atoms with van der Waals surface area (Å²) in [6, 6.07) is 42.9. The maximum absolute atomic E-state index is 5.98. The quantitative estimate of drug-likeness (QED) is 0.210. The van der Waals surface area contributed by atoms with Gasteiger partial charge in [-0.3, -0.25) is 0 Å². The van der Waals surface area contributed by atoms with Crippen LogP contribution in [0.5, 0.6) is 0 Å². The molecule has 0 aliphatic heterocycles. The van der Waals surface area contributed by atoms with Crippen molar-refractivity contribution >= 4 is 31.0 Å². The van der Waals surface area contributed by atoms with Crippen molar-refractivity contribution in [2.45, 2.75) is 20.0 Å². The summed E-state index contributed by atoms with van der Waals surface area (Å²) in [5.41, 5.74) is 1.12. The average molecular weight is 466 g/mol. The van der Waals surface area contributed by atoms with Crippen molar-refractivity contribution in [3.05, 3.63) is 127 Å². The second-order valence-corrected chi connectivity index (χ2v) is 15.5. The Balaban J connectivity index is 1.89. The Hall–Kier alpha value is -3.11. The molecular weight excluding hydrogens is 439 g/mol. The summed E-state index contributed by atoms with van der Waals surface area (Å²) >= 11 is -3.28. The van der Waals surface area contributed by atoms with E-state index in [1.807, 2.05) is 18.2 Å². The van der Waals surface area contributed by atoms with E-state index in [1.165, 1.54) is 17.7 Å². The van der Waals surface area contributed by atoms with Crippen molar-refractivity contribution in [3.63, 3.8) is 0 Å². The molecule has 0 radical (unpaired) electrons. The molecule has 0 aromatic heterocycles. The molecule has 2 nitrogen and oxygen atoms in total. The van der Waals surface area contributed by atoms with Crippen LogP contribution >= 0.6 is 0 Å². The molecule has 0 fully saturated rings. The summed E-state index contributed by atoms with van der Waals surface area (Å²) in [6.45, 7) is 2.67. The van der Waals surface area contributed by atoms with Gasteiger partial charge in [0.1, 0.15) is 0 Å². The van der Waals surface area contributed by atoms with Crippen molar-refractivity contribution in [2.24, 2.45) is 5.16 Å². The monoisotopic (exact) mass is 467 g/mol. The molecule has 0 aliphatic rings. The first-order valence-electron chi connectivity index (χ1n) is 10.8. The van der Waals surface area contributed by atoms with Crippen LogP contribution in [0.25, 0.3) is 0 Å².